The lowest BCUT2D eigenvalue weighted by molar-refractivity contribution is 0.0383. The van der Waals surface area contributed by atoms with Crippen LogP contribution in [0, 0.1) is 0 Å². The molecule has 2 aromatic carbocycles. The van der Waals surface area contributed by atoms with Gasteiger partial charge in [-0.1, -0.05) is 12.1 Å². The van der Waals surface area contributed by atoms with E-state index in [1.165, 1.54) is 11.3 Å². The van der Waals surface area contributed by atoms with Gasteiger partial charge in [-0.05, 0) is 62.2 Å². The fourth-order valence-electron chi connectivity index (χ4n) is 4.86. The van der Waals surface area contributed by atoms with Crippen LogP contribution in [0.2, 0.25) is 0 Å². The summed E-state index contributed by atoms with van der Waals surface area (Å²) in [6.07, 6.45) is 5.51. The van der Waals surface area contributed by atoms with E-state index < -0.39 is 5.60 Å². The number of hydrogen-bond acceptors (Lipinski definition) is 10. The summed E-state index contributed by atoms with van der Waals surface area (Å²) in [6, 6.07) is 14.5. The van der Waals surface area contributed by atoms with Gasteiger partial charge >= 0.3 is 0 Å². The number of thiazole rings is 1. The van der Waals surface area contributed by atoms with Crippen molar-refractivity contribution in [3.8, 4) is 21.7 Å². The lowest BCUT2D eigenvalue weighted by Crippen LogP contribution is -2.41. The maximum atomic E-state index is 13.5. The number of aliphatic hydroxyl groups is 1. The topological polar surface area (TPSA) is 155 Å². The molecule has 46 heavy (non-hydrogen) atoms. The zero-order valence-corrected chi connectivity index (χ0v) is 26.8. The van der Waals surface area contributed by atoms with E-state index in [4.69, 9.17) is 10.5 Å². The third-order valence-corrected chi connectivity index (χ3v) is 8.34. The molecule has 1 fully saturated rings. The molecule has 0 atom stereocenters. The van der Waals surface area contributed by atoms with E-state index in [-0.39, 0.29) is 17.5 Å². The number of amides is 2. The number of nitrogens with two attached hydrogens (primary N) is 1. The van der Waals surface area contributed by atoms with Crippen LogP contribution < -0.4 is 16.4 Å². The molecule has 0 radical (unpaired) electrons. The SMILES string of the molecule is CC(C)(O)CCN=Cc1cc(NC(=O)c2csc(-c3cccnc3)n2)c(-c2cccc(C(=O)NCCN3CCOCC3)c2)cc1N. The van der Waals surface area contributed by atoms with Gasteiger partial charge in [0.2, 0.25) is 0 Å². The van der Waals surface area contributed by atoms with Gasteiger partial charge in [-0.3, -0.25) is 24.5 Å². The van der Waals surface area contributed by atoms with E-state index in [1.54, 1.807) is 68.2 Å². The monoisotopic (exact) mass is 641 g/mol. The van der Waals surface area contributed by atoms with Crippen molar-refractivity contribution in [1.82, 2.24) is 20.2 Å². The Morgan fingerprint density at radius 3 is 2.70 bits per heavy atom. The van der Waals surface area contributed by atoms with Gasteiger partial charge in [0.05, 0.1) is 18.8 Å². The Kier molecular flexibility index (Phi) is 10.9. The van der Waals surface area contributed by atoms with Crippen LogP contribution in [0.1, 0.15) is 46.7 Å². The van der Waals surface area contributed by atoms with Crippen LogP contribution in [0.4, 0.5) is 11.4 Å². The summed E-state index contributed by atoms with van der Waals surface area (Å²) in [5.74, 6) is -0.575. The lowest BCUT2D eigenvalue weighted by atomic mass is 9.98. The molecule has 0 spiro atoms. The highest BCUT2D eigenvalue weighted by Gasteiger charge is 2.18. The number of rotatable bonds is 12. The first-order chi connectivity index (χ1) is 22.2. The predicted octanol–water partition coefficient (Wildman–Crippen LogP) is 4.35. The van der Waals surface area contributed by atoms with Crippen LogP contribution in [0.3, 0.4) is 0 Å². The second-order valence-corrected chi connectivity index (χ2v) is 12.5. The van der Waals surface area contributed by atoms with Gasteiger partial charge in [0.15, 0.2) is 0 Å². The summed E-state index contributed by atoms with van der Waals surface area (Å²) < 4.78 is 5.40. The largest absolute Gasteiger partial charge is 0.398 e. The zero-order valence-electron chi connectivity index (χ0n) is 26.0. The minimum absolute atomic E-state index is 0.186. The molecule has 0 unspecified atom stereocenters. The van der Waals surface area contributed by atoms with Gasteiger partial charge in [-0.2, -0.15) is 0 Å². The Morgan fingerprint density at radius 2 is 1.93 bits per heavy atom. The normalized spacial score (nSPS) is 14.0. The van der Waals surface area contributed by atoms with Crippen molar-refractivity contribution >= 4 is 40.7 Å². The van der Waals surface area contributed by atoms with Crippen LogP contribution in [0.25, 0.3) is 21.7 Å². The number of ether oxygens (including phenoxy) is 1. The number of aliphatic imine (C=N–C) groups is 1. The first-order valence-corrected chi connectivity index (χ1v) is 16.1. The molecule has 1 saturated heterocycles. The standard InChI is InChI=1S/C34H39N7O4S/c1-34(2,44)8-10-37-21-26-18-29(39-32(43)30-22-46-33(40-30)25-7-4-9-36-20-25)27(19-28(26)35)23-5-3-6-24(17-23)31(42)38-11-12-41-13-15-45-16-14-41/h3-7,9,17-22,44H,8,10-16,35H2,1-2H3,(H,38,42)(H,39,43). The average molecular weight is 642 g/mol. The summed E-state index contributed by atoms with van der Waals surface area (Å²) in [5.41, 5.74) is 10.1. The molecule has 1 aliphatic heterocycles. The number of hydrogen-bond donors (Lipinski definition) is 4. The van der Waals surface area contributed by atoms with Crippen molar-refractivity contribution in [3.63, 3.8) is 0 Å². The van der Waals surface area contributed by atoms with E-state index in [1.807, 2.05) is 18.2 Å². The van der Waals surface area contributed by atoms with E-state index in [0.717, 1.165) is 25.2 Å². The number of carbonyl (C=O) groups is 2. The molecular weight excluding hydrogens is 602 g/mol. The third-order valence-electron chi connectivity index (χ3n) is 7.45. The van der Waals surface area contributed by atoms with Crippen LogP contribution in [-0.2, 0) is 4.74 Å². The van der Waals surface area contributed by atoms with Crippen molar-refractivity contribution in [2.75, 3.05) is 57.0 Å². The second kappa shape index (κ2) is 15.2. The number of pyridine rings is 1. The van der Waals surface area contributed by atoms with Gasteiger partial charge in [-0.15, -0.1) is 11.3 Å². The Balaban J connectivity index is 1.39. The highest BCUT2D eigenvalue weighted by atomic mass is 32.1. The van der Waals surface area contributed by atoms with E-state index in [0.29, 0.717) is 71.4 Å². The van der Waals surface area contributed by atoms with E-state index in [9.17, 15) is 14.7 Å². The van der Waals surface area contributed by atoms with Crippen molar-refractivity contribution < 1.29 is 19.4 Å². The minimum Gasteiger partial charge on any atom is -0.398 e. The number of morpholine rings is 1. The van der Waals surface area contributed by atoms with Crippen molar-refractivity contribution in [2.45, 2.75) is 25.9 Å². The summed E-state index contributed by atoms with van der Waals surface area (Å²) in [6.45, 7) is 8.26. The number of nitrogens with one attached hydrogen (secondary N) is 2. The minimum atomic E-state index is -0.839. The maximum absolute atomic E-state index is 13.5. The molecule has 12 heteroatoms. The van der Waals surface area contributed by atoms with Crippen LogP contribution in [-0.4, -0.2) is 89.5 Å². The molecule has 240 valence electrons. The smallest absolute Gasteiger partial charge is 0.275 e. The molecule has 0 bridgehead atoms. The van der Waals surface area contributed by atoms with Crippen molar-refractivity contribution in [3.05, 3.63) is 83.1 Å². The number of benzene rings is 2. The number of anilines is 2. The van der Waals surface area contributed by atoms with Crippen molar-refractivity contribution in [2.24, 2.45) is 4.99 Å². The quantitative estimate of drug-likeness (QED) is 0.132. The van der Waals surface area contributed by atoms with Gasteiger partial charge in [-0.25, -0.2) is 4.98 Å². The lowest BCUT2D eigenvalue weighted by Gasteiger charge is -2.26. The first kappa shape index (κ1) is 32.9. The molecule has 5 rings (SSSR count). The average Bonchev–Trinajstić information content (AvgIpc) is 3.56. The summed E-state index contributed by atoms with van der Waals surface area (Å²) in [5, 5.41) is 18.4. The molecule has 4 aromatic rings. The van der Waals surface area contributed by atoms with Crippen LogP contribution >= 0.6 is 11.3 Å². The number of nitrogens with zero attached hydrogens (tertiary/aromatic N) is 4. The number of carbonyl (C=O) groups excluding carboxylic acids is 2. The molecule has 11 nitrogen and oxygen atoms in total. The fraction of sp³-hybridized carbons (Fsp3) is 0.324. The molecular formula is C34H39N7O4S. The van der Waals surface area contributed by atoms with Crippen LogP contribution in [0.15, 0.2) is 71.3 Å². The third kappa shape index (κ3) is 9.04. The summed E-state index contributed by atoms with van der Waals surface area (Å²) >= 11 is 1.36. The zero-order chi connectivity index (χ0) is 32.5. The summed E-state index contributed by atoms with van der Waals surface area (Å²) in [4.78, 5) is 41.9. The van der Waals surface area contributed by atoms with Crippen molar-refractivity contribution in [1.29, 1.82) is 0 Å². The predicted molar refractivity (Wildman–Crippen MR) is 183 cm³/mol. The van der Waals surface area contributed by atoms with Gasteiger partial charge < -0.3 is 26.2 Å². The highest BCUT2D eigenvalue weighted by molar-refractivity contribution is 7.13. The van der Waals surface area contributed by atoms with E-state index >= 15 is 0 Å². The maximum Gasteiger partial charge on any atom is 0.275 e. The summed E-state index contributed by atoms with van der Waals surface area (Å²) in [7, 11) is 0. The van der Waals surface area contributed by atoms with E-state index in [2.05, 4.69) is 30.5 Å². The highest BCUT2D eigenvalue weighted by Crippen LogP contribution is 2.33. The number of nitrogen functional groups attached to an aromatic ring is 1. The molecule has 1 aliphatic rings. The fourth-order valence-corrected chi connectivity index (χ4v) is 5.65. The van der Waals surface area contributed by atoms with Crippen LogP contribution in [0.5, 0.6) is 0 Å². The first-order valence-electron chi connectivity index (χ1n) is 15.2. The van der Waals surface area contributed by atoms with Gasteiger partial charge in [0.1, 0.15) is 10.7 Å². The second-order valence-electron chi connectivity index (χ2n) is 11.6. The Bertz CT molecular complexity index is 1680. The Labute approximate surface area is 272 Å². The molecule has 5 N–H and O–H groups in total. The molecule has 2 amide bonds. The van der Waals surface area contributed by atoms with Gasteiger partial charge in [0, 0.05) is 90.3 Å². The molecule has 3 heterocycles. The number of aromatic nitrogens is 2. The molecule has 0 aliphatic carbocycles. The molecule has 2 aromatic heterocycles. The Hall–Kier alpha value is -4.49. The Morgan fingerprint density at radius 1 is 1.13 bits per heavy atom. The molecule has 0 saturated carbocycles. The van der Waals surface area contributed by atoms with Gasteiger partial charge in [0.25, 0.3) is 11.8 Å².